The number of sulfone groups is 1. The molecule has 0 fully saturated rings. The van der Waals surface area contributed by atoms with E-state index in [9.17, 15) is 8.42 Å². The Bertz CT molecular complexity index is 449. The van der Waals surface area contributed by atoms with E-state index >= 15 is 0 Å². The van der Waals surface area contributed by atoms with E-state index in [0.717, 1.165) is 12.1 Å². The van der Waals surface area contributed by atoms with Crippen molar-refractivity contribution in [3.8, 4) is 0 Å². The SMILES string of the molecule is CCNC(c1ccc(S(C)(=O)=O)cc1)C(C)C. The third-order valence-corrected chi connectivity index (χ3v) is 3.89. The van der Waals surface area contributed by atoms with Crippen LogP contribution in [0.1, 0.15) is 32.4 Å². The lowest BCUT2D eigenvalue weighted by Crippen LogP contribution is -2.25. The molecule has 4 heteroatoms. The van der Waals surface area contributed by atoms with E-state index in [0.29, 0.717) is 10.8 Å². The molecule has 1 unspecified atom stereocenters. The molecule has 0 aliphatic carbocycles. The average Bonchev–Trinajstić information content (AvgIpc) is 2.24. The number of benzene rings is 1. The zero-order chi connectivity index (χ0) is 13.1. The molecule has 0 bridgehead atoms. The van der Waals surface area contributed by atoms with Gasteiger partial charge < -0.3 is 5.32 Å². The Morgan fingerprint density at radius 1 is 1.18 bits per heavy atom. The second-order valence-corrected chi connectivity index (χ2v) is 6.64. The molecule has 0 aliphatic rings. The summed E-state index contributed by atoms with van der Waals surface area (Å²) >= 11 is 0. The predicted molar refractivity (Wildman–Crippen MR) is 70.8 cm³/mol. The molecule has 96 valence electrons. The molecule has 0 aromatic heterocycles. The zero-order valence-corrected chi connectivity index (χ0v) is 11.7. The summed E-state index contributed by atoms with van der Waals surface area (Å²) in [5.41, 5.74) is 1.13. The van der Waals surface area contributed by atoms with Crippen LogP contribution in [0, 0.1) is 5.92 Å². The van der Waals surface area contributed by atoms with Gasteiger partial charge in [0.15, 0.2) is 9.84 Å². The third kappa shape index (κ3) is 3.82. The van der Waals surface area contributed by atoms with Crippen molar-refractivity contribution in [2.24, 2.45) is 5.92 Å². The van der Waals surface area contributed by atoms with Crippen LogP contribution < -0.4 is 5.32 Å². The van der Waals surface area contributed by atoms with Crippen molar-refractivity contribution in [2.75, 3.05) is 12.8 Å². The summed E-state index contributed by atoms with van der Waals surface area (Å²) in [6.45, 7) is 7.27. The van der Waals surface area contributed by atoms with Gasteiger partial charge in [0.2, 0.25) is 0 Å². The molecule has 17 heavy (non-hydrogen) atoms. The monoisotopic (exact) mass is 255 g/mol. The number of hydrogen-bond donors (Lipinski definition) is 1. The summed E-state index contributed by atoms with van der Waals surface area (Å²) in [6.07, 6.45) is 1.23. The predicted octanol–water partition coefficient (Wildman–Crippen LogP) is 2.40. The summed E-state index contributed by atoms with van der Waals surface area (Å²) in [5, 5.41) is 3.41. The molecule has 0 spiro atoms. The minimum absolute atomic E-state index is 0.272. The molecular formula is C13H21NO2S. The standard InChI is InChI=1S/C13H21NO2S/c1-5-14-13(10(2)3)11-6-8-12(9-7-11)17(4,15)16/h6-10,13-14H,5H2,1-4H3. The first-order valence-corrected chi connectivity index (χ1v) is 7.78. The maximum absolute atomic E-state index is 11.4. The average molecular weight is 255 g/mol. The van der Waals surface area contributed by atoms with Crippen molar-refractivity contribution in [1.82, 2.24) is 5.32 Å². The summed E-state index contributed by atoms with van der Waals surface area (Å²) in [7, 11) is -3.10. The Kier molecular flexibility index (Phi) is 4.71. The van der Waals surface area contributed by atoms with E-state index in [1.54, 1.807) is 12.1 Å². The molecule has 0 aliphatic heterocycles. The van der Waals surface area contributed by atoms with E-state index < -0.39 is 9.84 Å². The highest BCUT2D eigenvalue weighted by Crippen LogP contribution is 2.22. The summed E-state index contributed by atoms with van der Waals surface area (Å²) in [5.74, 6) is 0.471. The number of rotatable bonds is 5. The van der Waals surface area contributed by atoms with Gasteiger partial charge >= 0.3 is 0 Å². The highest BCUT2D eigenvalue weighted by molar-refractivity contribution is 7.90. The van der Waals surface area contributed by atoms with E-state index in [4.69, 9.17) is 0 Å². The van der Waals surface area contributed by atoms with Crippen molar-refractivity contribution in [3.05, 3.63) is 29.8 Å². The van der Waals surface area contributed by atoms with Crippen LogP contribution in [0.25, 0.3) is 0 Å². The molecular weight excluding hydrogens is 234 g/mol. The van der Waals surface area contributed by atoms with E-state index in [1.807, 2.05) is 12.1 Å². The molecule has 0 heterocycles. The Morgan fingerprint density at radius 3 is 2.06 bits per heavy atom. The fourth-order valence-corrected chi connectivity index (χ4v) is 2.51. The van der Waals surface area contributed by atoms with Gasteiger partial charge in [-0.2, -0.15) is 0 Å². The molecule has 0 saturated carbocycles. The third-order valence-electron chi connectivity index (χ3n) is 2.76. The zero-order valence-electron chi connectivity index (χ0n) is 10.9. The molecule has 1 N–H and O–H groups in total. The summed E-state index contributed by atoms with van der Waals surface area (Å²) in [6, 6.07) is 7.41. The Balaban J connectivity index is 3.00. The van der Waals surface area contributed by atoms with Gasteiger partial charge in [-0.1, -0.05) is 32.9 Å². The molecule has 1 aromatic rings. The van der Waals surface area contributed by atoms with E-state index in [1.165, 1.54) is 6.26 Å². The topological polar surface area (TPSA) is 46.2 Å². The lowest BCUT2D eigenvalue weighted by Gasteiger charge is -2.22. The molecule has 1 aromatic carbocycles. The Labute approximate surface area is 104 Å². The summed E-state index contributed by atoms with van der Waals surface area (Å²) in [4.78, 5) is 0.375. The van der Waals surface area contributed by atoms with Gasteiger partial charge in [0.25, 0.3) is 0 Å². The quantitative estimate of drug-likeness (QED) is 0.878. The van der Waals surface area contributed by atoms with Crippen molar-refractivity contribution < 1.29 is 8.42 Å². The van der Waals surface area contributed by atoms with Gasteiger partial charge in [-0.05, 0) is 30.2 Å². The van der Waals surface area contributed by atoms with Gasteiger partial charge in [0.1, 0.15) is 0 Å². The van der Waals surface area contributed by atoms with Crippen LogP contribution in [0.5, 0.6) is 0 Å². The van der Waals surface area contributed by atoms with Crippen LogP contribution in [0.4, 0.5) is 0 Å². The van der Waals surface area contributed by atoms with Crippen molar-refractivity contribution in [2.45, 2.75) is 31.7 Å². The van der Waals surface area contributed by atoms with Gasteiger partial charge in [-0.3, -0.25) is 0 Å². The van der Waals surface area contributed by atoms with Crippen LogP contribution >= 0.6 is 0 Å². The smallest absolute Gasteiger partial charge is 0.175 e. The highest BCUT2D eigenvalue weighted by Gasteiger charge is 2.15. The number of hydrogen-bond acceptors (Lipinski definition) is 3. The van der Waals surface area contributed by atoms with Gasteiger partial charge in [0, 0.05) is 12.3 Å². The second-order valence-electron chi connectivity index (χ2n) is 4.62. The molecule has 0 saturated heterocycles. The Hall–Kier alpha value is -0.870. The lowest BCUT2D eigenvalue weighted by atomic mass is 9.96. The van der Waals surface area contributed by atoms with Crippen LogP contribution in [0.15, 0.2) is 29.2 Å². The van der Waals surface area contributed by atoms with Crippen molar-refractivity contribution >= 4 is 9.84 Å². The van der Waals surface area contributed by atoms with Crippen LogP contribution in [0.3, 0.4) is 0 Å². The largest absolute Gasteiger partial charge is 0.310 e. The Morgan fingerprint density at radius 2 is 1.71 bits per heavy atom. The van der Waals surface area contributed by atoms with Crippen molar-refractivity contribution in [1.29, 1.82) is 0 Å². The first-order chi connectivity index (χ1) is 7.86. The summed E-state index contributed by atoms with van der Waals surface area (Å²) < 4.78 is 22.7. The highest BCUT2D eigenvalue weighted by atomic mass is 32.2. The van der Waals surface area contributed by atoms with Gasteiger partial charge in [0.05, 0.1) is 4.90 Å². The first-order valence-electron chi connectivity index (χ1n) is 5.89. The van der Waals surface area contributed by atoms with Gasteiger partial charge in [-0.25, -0.2) is 8.42 Å². The first kappa shape index (κ1) is 14.2. The second kappa shape index (κ2) is 5.65. The van der Waals surface area contributed by atoms with E-state index in [2.05, 4.69) is 26.1 Å². The fraction of sp³-hybridized carbons (Fsp3) is 0.538. The van der Waals surface area contributed by atoms with Crippen LogP contribution in [-0.2, 0) is 9.84 Å². The van der Waals surface area contributed by atoms with E-state index in [-0.39, 0.29) is 6.04 Å². The molecule has 0 radical (unpaired) electrons. The molecule has 3 nitrogen and oxygen atoms in total. The van der Waals surface area contributed by atoms with Crippen LogP contribution in [-0.4, -0.2) is 21.2 Å². The minimum Gasteiger partial charge on any atom is -0.310 e. The van der Waals surface area contributed by atoms with Gasteiger partial charge in [-0.15, -0.1) is 0 Å². The molecule has 1 atom stereocenters. The minimum atomic E-state index is -3.10. The number of nitrogens with one attached hydrogen (secondary N) is 1. The lowest BCUT2D eigenvalue weighted by molar-refractivity contribution is 0.421. The fourth-order valence-electron chi connectivity index (χ4n) is 1.88. The normalized spacial score (nSPS) is 13.9. The maximum Gasteiger partial charge on any atom is 0.175 e. The maximum atomic E-state index is 11.4. The molecule has 1 rings (SSSR count). The van der Waals surface area contributed by atoms with Crippen molar-refractivity contribution in [3.63, 3.8) is 0 Å². The molecule has 0 amide bonds. The van der Waals surface area contributed by atoms with Crippen LogP contribution in [0.2, 0.25) is 0 Å².